The van der Waals surface area contributed by atoms with Crippen LogP contribution in [0.15, 0.2) is 0 Å². The molecule has 5 saturated carbocycles. The van der Waals surface area contributed by atoms with Gasteiger partial charge in [-0.3, -0.25) is 19.2 Å². The fourth-order valence-corrected chi connectivity index (χ4v) is 8.89. The van der Waals surface area contributed by atoms with Crippen LogP contribution in [0.2, 0.25) is 0 Å². The number of hydrogen-bond donors (Lipinski definition) is 3. The highest BCUT2D eigenvalue weighted by atomic mass is 16.6. The molecule has 0 aromatic rings. The lowest BCUT2D eigenvalue weighted by atomic mass is 9.23. The third-order valence-electron chi connectivity index (χ3n) is 10.2. The van der Waals surface area contributed by atoms with Gasteiger partial charge in [0.15, 0.2) is 5.78 Å². The van der Waals surface area contributed by atoms with Crippen LogP contribution in [0.4, 0.5) is 0 Å². The summed E-state index contributed by atoms with van der Waals surface area (Å²) in [5, 5.41) is 36.0. The minimum atomic E-state index is -2.17. The molecule has 1 spiro atoms. The first-order chi connectivity index (χ1) is 15.1. The van der Waals surface area contributed by atoms with Gasteiger partial charge in [-0.15, -0.1) is 0 Å². The number of ether oxygens (including phenoxy) is 2. The molecule has 5 fully saturated rings. The Labute approximate surface area is 191 Å². The third-order valence-corrected chi connectivity index (χ3v) is 10.2. The van der Waals surface area contributed by atoms with Gasteiger partial charge in [-0.05, 0) is 12.3 Å². The molecular weight excluding hydrogens is 432 g/mol. The number of rotatable bonds is 2. The lowest BCUT2D eigenvalue weighted by Crippen LogP contribution is -2.97. The van der Waals surface area contributed by atoms with Crippen LogP contribution < -0.4 is 0 Å². The van der Waals surface area contributed by atoms with Gasteiger partial charge >= 0.3 is 11.9 Å². The predicted molar refractivity (Wildman–Crippen MR) is 110 cm³/mol. The average molecular weight is 465 g/mol. The summed E-state index contributed by atoms with van der Waals surface area (Å²) in [4.78, 5) is 51.4. The number of fused-ring (bicyclic) bond motifs is 1. The molecule has 9 heteroatoms. The first-order valence-electron chi connectivity index (χ1n) is 11.6. The molecule has 0 radical (unpaired) electrons. The fourth-order valence-electron chi connectivity index (χ4n) is 8.89. The first-order valence-corrected chi connectivity index (χ1v) is 11.6. The Morgan fingerprint density at radius 3 is 2.06 bits per heavy atom. The molecule has 0 aliphatic heterocycles. The SMILES string of the molecule is CC(=O)O[C@@H]1[C@H](O)[C@H]2C(=O)[C@]3(C[C@@H]3C)[C@H](OC(C)=O)[C@@]3(O)[C@@H]4CC(=O)C(C)(C)[C@@H]1[C@@]4(C)[C@@]23O. The highest BCUT2D eigenvalue weighted by Crippen LogP contribution is 2.82. The molecule has 5 aliphatic carbocycles. The van der Waals surface area contributed by atoms with Crippen molar-refractivity contribution in [2.75, 3.05) is 0 Å². The zero-order chi connectivity index (χ0) is 24.7. The van der Waals surface area contributed by atoms with Crippen LogP contribution in [0.3, 0.4) is 0 Å². The number of carbonyl (C=O) groups is 4. The van der Waals surface area contributed by atoms with Crippen LogP contribution in [0.5, 0.6) is 0 Å². The zero-order valence-corrected chi connectivity index (χ0v) is 19.7. The average Bonchev–Trinajstić information content (AvgIpc) is 3.36. The van der Waals surface area contributed by atoms with E-state index >= 15 is 0 Å². The van der Waals surface area contributed by atoms with E-state index in [0.29, 0.717) is 6.42 Å². The lowest BCUT2D eigenvalue weighted by molar-refractivity contribution is -0.451. The summed E-state index contributed by atoms with van der Waals surface area (Å²) in [7, 11) is 0. The van der Waals surface area contributed by atoms with Crippen molar-refractivity contribution in [2.24, 2.45) is 39.9 Å². The first kappa shape index (κ1) is 22.9. The maximum absolute atomic E-state index is 14.0. The third kappa shape index (κ3) is 2.08. The number of ketones is 2. The molecule has 5 aliphatic rings. The summed E-state index contributed by atoms with van der Waals surface area (Å²) in [6, 6.07) is 0. The Morgan fingerprint density at radius 1 is 1.03 bits per heavy atom. The minimum Gasteiger partial charge on any atom is -0.459 e. The fraction of sp³-hybridized carbons (Fsp3) is 0.833. The van der Waals surface area contributed by atoms with E-state index in [9.17, 15) is 34.5 Å². The smallest absolute Gasteiger partial charge is 0.303 e. The highest BCUT2D eigenvalue weighted by Gasteiger charge is 2.96. The Bertz CT molecular complexity index is 1000. The van der Waals surface area contributed by atoms with Crippen molar-refractivity contribution in [1.82, 2.24) is 0 Å². The summed E-state index contributed by atoms with van der Waals surface area (Å²) in [5.41, 5.74) is -7.92. The maximum atomic E-state index is 14.0. The molecule has 0 aromatic carbocycles. The number of hydrogen-bond acceptors (Lipinski definition) is 9. The molecule has 0 amide bonds. The van der Waals surface area contributed by atoms with Gasteiger partial charge < -0.3 is 24.8 Å². The van der Waals surface area contributed by atoms with E-state index in [2.05, 4.69) is 0 Å². The predicted octanol–water partition coefficient (Wildman–Crippen LogP) is 0.163. The monoisotopic (exact) mass is 464 g/mol. The number of Topliss-reactive ketones (excluding diaryl/α,β-unsaturated/α-hetero) is 2. The van der Waals surface area contributed by atoms with Gasteiger partial charge in [-0.25, -0.2) is 0 Å². The van der Waals surface area contributed by atoms with Crippen molar-refractivity contribution >= 4 is 23.5 Å². The normalized spacial score (nSPS) is 55.4. The largest absolute Gasteiger partial charge is 0.459 e. The molecule has 0 unspecified atom stereocenters. The molecule has 9 nitrogen and oxygen atoms in total. The number of carbonyl (C=O) groups excluding carboxylic acids is 4. The molecule has 5 rings (SSSR count). The van der Waals surface area contributed by atoms with Crippen LogP contribution in [0.25, 0.3) is 0 Å². The van der Waals surface area contributed by atoms with Crippen LogP contribution in [0, 0.1) is 39.9 Å². The van der Waals surface area contributed by atoms with Crippen LogP contribution in [-0.4, -0.2) is 68.3 Å². The van der Waals surface area contributed by atoms with Gasteiger partial charge in [0, 0.05) is 42.9 Å². The summed E-state index contributed by atoms with van der Waals surface area (Å²) in [5.74, 6) is -5.53. The van der Waals surface area contributed by atoms with Gasteiger partial charge in [-0.2, -0.15) is 0 Å². The Kier molecular flexibility index (Phi) is 4.20. The van der Waals surface area contributed by atoms with Gasteiger partial charge in [-0.1, -0.05) is 27.7 Å². The Morgan fingerprint density at radius 2 is 1.58 bits per heavy atom. The minimum absolute atomic E-state index is 0.0924. The van der Waals surface area contributed by atoms with Crippen LogP contribution in [0.1, 0.15) is 54.4 Å². The molecule has 0 aromatic heterocycles. The van der Waals surface area contributed by atoms with E-state index in [0.717, 1.165) is 0 Å². The van der Waals surface area contributed by atoms with Gasteiger partial charge in [0.2, 0.25) is 0 Å². The van der Waals surface area contributed by atoms with Gasteiger partial charge in [0.25, 0.3) is 0 Å². The van der Waals surface area contributed by atoms with Crippen LogP contribution in [-0.2, 0) is 28.7 Å². The Hall–Kier alpha value is -1.84. The molecule has 11 atom stereocenters. The van der Waals surface area contributed by atoms with Crippen molar-refractivity contribution in [3.05, 3.63) is 0 Å². The summed E-state index contributed by atoms with van der Waals surface area (Å²) < 4.78 is 11.1. The lowest BCUT2D eigenvalue weighted by Gasteiger charge is -2.82. The van der Waals surface area contributed by atoms with E-state index in [1.54, 1.807) is 27.7 Å². The van der Waals surface area contributed by atoms with Crippen molar-refractivity contribution < 1.29 is 44.0 Å². The van der Waals surface area contributed by atoms with E-state index in [-0.39, 0.29) is 18.1 Å². The van der Waals surface area contributed by atoms with E-state index < -0.39 is 81.2 Å². The van der Waals surface area contributed by atoms with Crippen molar-refractivity contribution in [3.63, 3.8) is 0 Å². The quantitative estimate of drug-likeness (QED) is 0.486. The van der Waals surface area contributed by atoms with Gasteiger partial charge in [0.1, 0.15) is 35.3 Å². The zero-order valence-electron chi connectivity index (χ0n) is 19.7. The number of esters is 2. The van der Waals surface area contributed by atoms with Crippen molar-refractivity contribution in [1.29, 1.82) is 0 Å². The van der Waals surface area contributed by atoms with Gasteiger partial charge in [0.05, 0.1) is 11.3 Å². The summed E-state index contributed by atoms with van der Waals surface area (Å²) in [6.45, 7) is 9.18. The molecular formula is C24H32O9. The molecule has 0 heterocycles. The number of aliphatic hydroxyl groups excluding tert-OH is 1. The van der Waals surface area contributed by atoms with Crippen LogP contribution >= 0.6 is 0 Å². The molecule has 3 N–H and O–H groups in total. The van der Waals surface area contributed by atoms with Crippen molar-refractivity contribution in [2.45, 2.75) is 83.9 Å². The second kappa shape index (κ2) is 6.04. The van der Waals surface area contributed by atoms with Crippen molar-refractivity contribution in [3.8, 4) is 0 Å². The maximum Gasteiger partial charge on any atom is 0.303 e. The standard InChI is InChI=1S/C24H32O9/c1-9-8-22(9)18(29)14-15(28)16(32-10(2)25)17-20(4,5)13(27)7-12-21(17,6)24(14,31)23(12,30)19(22)33-11(3)26/h9,12,14-17,19,28,30-31H,7-8H2,1-6H3/t9-,12+,14-,15+,16+,17+,19-,21-,22+,23-,24-/m0/s1. The number of aliphatic hydroxyl groups is 3. The second-order valence-corrected chi connectivity index (χ2v) is 11.8. The Balaban J connectivity index is 1.79. The van der Waals surface area contributed by atoms with E-state index in [4.69, 9.17) is 9.47 Å². The molecule has 0 saturated heterocycles. The summed E-state index contributed by atoms with van der Waals surface area (Å²) >= 11 is 0. The molecule has 33 heavy (non-hydrogen) atoms. The molecule has 182 valence electrons. The van der Waals surface area contributed by atoms with E-state index in [1.165, 1.54) is 13.8 Å². The second-order valence-electron chi connectivity index (χ2n) is 11.8. The van der Waals surface area contributed by atoms with E-state index in [1.807, 2.05) is 0 Å². The molecule has 0 bridgehead atoms. The highest BCUT2D eigenvalue weighted by molar-refractivity contribution is 5.97. The topological polar surface area (TPSA) is 147 Å². The summed E-state index contributed by atoms with van der Waals surface area (Å²) in [6.07, 6.45) is -3.97.